The zero-order valence-electron chi connectivity index (χ0n) is 15.1. The Morgan fingerprint density at radius 2 is 1.74 bits per heavy atom. The quantitative estimate of drug-likeness (QED) is 0.661. The van der Waals surface area contributed by atoms with Crippen LogP contribution < -0.4 is 10.1 Å². The molecule has 138 valence electrons. The lowest BCUT2D eigenvalue weighted by Gasteiger charge is -2.17. The van der Waals surface area contributed by atoms with Crippen LogP contribution in [0.25, 0.3) is 0 Å². The topological polar surface area (TPSA) is 41.6 Å². The maximum Gasteiger partial charge on any atom is 0.238 e. The normalized spacial score (nSPS) is 10.6. The SMILES string of the molecule is CN(CC(=O)Nc1ccccc1Oc1ccccc1)Cc1cccc(F)c1. The third-order valence-corrected chi connectivity index (χ3v) is 3.89. The zero-order chi connectivity index (χ0) is 19.1. The lowest BCUT2D eigenvalue weighted by molar-refractivity contribution is -0.117. The van der Waals surface area contributed by atoms with Gasteiger partial charge in [-0.15, -0.1) is 0 Å². The van der Waals surface area contributed by atoms with E-state index >= 15 is 0 Å². The van der Waals surface area contributed by atoms with Crippen LogP contribution in [0.5, 0.6) is 11.5 Å². The number of nitrogens with zero attached hydrogens (tertiary/aromatic N) is 1. The predicted molar refractivity (Wildman–Crippen MR) is 104 cm³/mol. The minimum atomic E-state index is -0.280. The third-order valence-electron chi connectivity index (χ3n) is 3.89. The van der Waals surface area contributed by atoms with Gasteiger partial charge in [-0.25, -0.2) is 4.39 Å². The van der Waals surface area contributed by atoms with Gasteiger partial charge in [-0.05, 0) is 49.0 Å². The summed E-state index contributed by atoms with van der Waals surface area (Å²) in [5.74, 6) is 0.822. The van der Waals surface area contributed by atoms with Gasteiger partial charge >= 0.3 is 0 Å². The molecule has 0 aliphatic rings. The molecule has 0 saturated carbocycles. The Bertz CT molecular complexity index is 900. The molecule has 0 aliphatic carbocycles. The fourth-order valence-electron chi connectivity index (χ4n) is 2.71. The maximum atomic E-state index is 13.3. The van der Waals surface area contributed by atoms with Crippen molar-refractivity contribution in [3.63, 3.8) is 0 Å². The maximum absolute atomic E-state index is 13.3. The fourth-order valence-corrected chi connectivity index (χ4v) is 2.71. The number of amides is 1. The van der Waals surface area contributed by atoms with Crippen molar-refractivity contribution in [3.05, 3.63) is 90.2 Å². The molecular weight excluding hydrogens is 343 g/mol. The number of hydrogen-bond donors (Lipinski definition) is 1. The summed E-state index contributed by atoms with van der Waals surface area (Å²) in [6.07, 6.45) is 0. The second-order valence-electron chi connectivity index (χ2n) is 6.26. The first-order valence-corrected chi connectivity index (χ1v) is 8.65. The van der Waals surface area contributed by atoms with E-state index in [1.807, 2.05) is 60.5 Å². The summed E-state index contributed by atoms with van der Waals surface area (Å²) >= 11 is 0. The Morgan fingerprint density at radius 1 is 1.00 bits per heavy atom. The summed E-state index contributed by atoms with van der Waals surface area (Å²) in [5, 5.41) is 2.88. The summed E-state index contributed by atoms with van der Waals surface area (Å²) in [7, 11) is 1.82. The van der Waals surface area contributed by atoms with Crippen molar-refractivity contribution in [1.82, 2.24) is 4.90 Å². The van der Waals surface area contributed by atoms with E-state index in [9.17, 15) is 9.18 Å². The van der Waals surface area contributed by atoms with Gasteiger partial charge in [-0.2, -0.15) is 0 Å². The number of carbonyl (C=O) groups is 1. The lowest BCUT2D eigenvalue weighted by Crippen LogP contribution is -2.29. The van der Waals surface area contributed by atoms with Crippen molar-refractivity contribution in [2.45, 2.75) is 6.54 Å². The van der Waals surface area contributed by atoms with Gasteiger partial charge in [0.15, 0.2) is 5.75 Å². The number of anilines is 1. The average Bonchev–Trinajstić information content (AvgIpc) is 2.64. The van der Waals surface area contributed by atoms with Crippen LogP contribution in [0.15, 0.2) is 78.9 Å². The van der Waals surface area contributed by atoms with Gasteiger partial charge in [0, 0.05) is 6.54 Å². The molecule has 0 unspecified atom stereocenters. The van der Waals surface area contributed by atoms with E-state index in [4.69, 9.17) is 4.74 Å². The van der Waals surface area contributed by atoms with Crippen LogP contribution in [0.1, 0.15) is 5.56 Å². The number of hydrogen-bond acceptors (Lipinski definition) is 3. The second-order valence-corrected chi connectivity index (χ2v) is 6.26. The highest BCUT2D eigenvalue weighted by molar-refractivity contribution is 5.93. The van der Waals surface area contributed by atoms with Crippen molar-refractivity contribution < 1.29 is 13.9 Å². The lowest BCUT2D eigenvalue weighted by atomic mass is 10.2. The van der Waals surface area contributed by atoms with E-state index in [0.29, 0.717) is 23.7 Å². The molecule has 5 heteroatoms. The highest BCUT2D eigenvalue weighted by atomic mass is 19.1. The first-order valence-electron chi connectivity index (χ1n) is 8.65. The number of rotatable bonds is 7. The molecule has 3 rings (SSSR count). The number of halogens is 1. The van der Waals surface area contributed by atoms with Crippen molar-refractivity contribution in [1.29, 1.82) is 0 Å². The largest absolute Gasteiger partial charge is 0.455 e. The molecular formula is C22H21FN2O2. The molecule has 0 spiro atoms. The van der Waals surface area contributed by atoms with Gasteiger partial charge in [0.05, 0.1) is 12.2 Å². The zero-order valence-corrected chi connectivity index (χ0v) is 15.1. The van der Waals surface area contributed by atoms with Crippen molar-refractivity contribution in [3.8, 4) is 11.5 Å². The Balaban J connectivity index is 1.60. The molecule has 1 N–H and O–H groups in total. The van der Waals surface area contributed by atoms with E-state index in [2.05, 4.69) is 5.32 Å². The molecule has 3 aromatic carbocycles. The minimum absolute atomic E-state index is 0.169. The van der Waals surface area contributed by atoms with E-state index in [0.717, 1.165) is 5.56 Å². The average molecular weight is 364 g/mol. The van der Waals surface area contributed by atoms with Crippen LogP contribution >= 0.6 is 0 Å². The van der Waals surface area contributed by atoms with Gasteiger partial charge in [-0.1, -0.05) is 42.5 Å². The van der Waals surface area contributed by atoms with Crippen molar-refractivity contribution >= 4 is 11.6 Å². The number of likely N-dealkylation sites (N-methyl/N-ethyl adjacent to an activating group) is 1. The standard InChI is InChI=1S/C22H21FN2O2/c1-25(15-17-8-7-9-18(23)14-17)16-22(26)24-20-12-5-6-13-21(20)27-19-10-3-2-4-11-19/h2-14H,15-16H2,1H3,(H,24,26). The molecule has 0 fully saturated rings. The summed E-state index contributed by atoms with van der Waals surface area (Å²) in [6, 6.07) is 23.0. The van der Waals surface area contributed by atoms with Crippen LogP contribution in [-0.4, -0.2) is 24.4 Å². The minimum Gasteiger partial charge on any atom is -0.455 e. The number of carbonyl (C=O) groups excluding carboxylic acids is 1. The van der Waals surface area contributed by atoms with Gasteiger partial charge in [-0.3, -0.25) is 9.69 Å². The van der Waals surface area contributed by atoms with Crippen molar-refractivity contribution in [2.75, 3.05) is 18.9 Å². The molecule has 4 nitrogen and oxygen atoms in total. The molecule has 3 aromatic rings. The molecule has 1 amide bonds. The van der Waals surface area contributed by atoms with Crippen LogP contribution in [0.2, 0.25) is 0 Å². The van der Waals surface area contributed by atoms with Crippen LogP contribution in [-0.2, 0) is 11.3 Å². The second kappa shape index (κ2) is 8.96. The molecule has 0 atom stereocenters. The molecule has 27 heavy (non-hydrogen) atoms. The summed E-state index contributed by atoms with van der Waals surface area (Å²) in [6.45, 7) is 0.656. The Labute approximate surface area is 158 Å². The molecule has 0 bridgehead atoms. The summed E-state index contributed by atoms with van der Waals surface area (Å²) < 4.78 is 19.1. The van der Waals surface area contributed by atoms with Crippen molar-refractivity contribution in [2.24, 2.45) is 0 Å². The van der Waals surface area contributed by atoms with E-state index in [1.165, 1.54) is 12.1 Å². The smallest absolute Gasteiger partial charge is 0.238 e. The number of para-hydroxylation sites is 3. The van der Waals surface area contributed by atoms with Gasteiger partial charge in [0.25, 0.3) is 0 Å². The predicted octanol–water partition coefficient (Wildman–Crippen LogP) is 4.69. The van der Waals surface area contributed by atoms with Gasteiger partial charge in [0.1, 0.15) is 11.6 Å². The first kappa shape index (κ1) is 18.6. The monoisotopic (exact) mass is 364 g/mol. The van der Waals surface area contributed by atoms with E-state index in [-0.39, 0.29) is 18.3 Å². The van der Waals surface area contributed by atoms with E-state index in [1.54, 1.807) is 18.2 Å². The molecule has 0 aromatic heterocycles. The highest BCUT2D eigenvalue weighted by Crippen LogP contribution is 2.29. The Morgan fingerprint density at radius 3 is 2.52 bits per heavy atom. The third kappa shape index (κ3) is 5.66. The van der Waals surface area contributed by atoms with Gasteiger partial charge in [0.2, 0.25) is 5.91 Å². The van der Waals surface area contributed by atoms with Gasteiger partial charge < -0.3 is 10.1 Å². The first-order chi connectivity index (χ1) is 13.1. The number of ether oxygens (including phenoxy) is 1. The highest BCUT2D eigenvalue weighted by Gasteiger charge is 2.11. The summed E-state index contributed by atoms with van der Waals surface area (Å²) in [5.41, 5.74) is 1.42. The Kier molecular flexibility index (Phi) is 6.18. The fraction of sp³-hybridized carbons (Fsp3) is 0.136. The number of nitrogens with one attached hydrogen (secondary N) is 1. The molecule has 0 aliphatic heterocycles. The Hall–Kier alpha value is -3.18. The number of benzene rings is 3. The summed E-state index contributed by atoms with van der Waals surface area (Å²) in [4.78, 5) is 14.2. The molecule has 0 heterocycles. The van der Waals surface area contributed by atoms with Crippen LogP contribution in [0.4, 0.5) is 10.1 Å². The van der Waals surface area contributed by atoms with Crippen LogP contribution in [0, 0.1) is 5.82 Å². The van der Waals surface area contributed by atoms with Crippen LogP contribution in [0.3, 0.4) is 0 Å². The van der Waals surface area contributed by atoms with E-state index < -0.39 is 0 Å². The molecule has 0 saturated heterocycles. The molecule has 0 radical (unpaired) electrons.